The van der Waals surface area contributed by atoms with E-state index in [1.54, 1.807) is 11.1 Å². The molecule has 8 heteroatoms. The van der Waals surface area contributed by atoms with Crippen molar-refractivity contribution in [1.82, 2.24) is 0 Å². The molecule has 0 saturated heterocycles. The Bertz CT molecular complexity index is 1550. The van der Waals surface area contributed by atoms with Crippen LogP contribution in [0.2, 0.25) is 0 Å². The van der Waals surface area contributed by atoms with E-state index < -0.39 is 0 Å². The van der Waals surface area contributed by atoms with Crippen molar-refractivity contribution in [2.75, 3.05) is 24.0 Å². The lowest BCUT2D eigenvalue weighted by Gasteiger charge is -2.51. The van der Waals surface area contributed by atoms with E-state index in [2.05, 4.69) is 73.8 Å². The molecule has 5 nitrogen and oxygen atoms in total. The molecule has 4 fully saturated rings. The van der Waals surface area contributed by atoms with Gasteiger partial charge in [-0.15, -0.1) is 9.32 Å². The molecule has 8 rings (SSSR count). The van der Waals surface area contributed by atoms with E-state index in [-0.39, 0.29) is 0 Å². The molecule has 288 valence electrons. The molecule has 6 aliphatic carbocycles. The fourth-order valence-corrected chi connectivity index (χ4v) is 15.4. The molecule has 4 saturated carbocycles. The number of benzene rings is 2. The van der Waals surface area contributed by atoms with E-state index in [4.69, 9.17) is 10.1 Å². The van der Waals surface area contributed by atoms with Gasteiger partial charge in [-0.3, -0.25) is 0 Å². The third-order valence-electron chi connectivity index (χ3n) is 15.9. The van der Waals surface area contributed by atoms with Crippen molar-refractivity contribution in [3.05, 3.63) is 57.6 Å². The number of rotatable bonds is 10. The van der Waals surface area contributed by atoms with Crippen LogP contribution in [-0.4, -0.2) is 29.1 Å². The van der Waals surface area contributed by atoms with Crippen molar-refractivity contribution in [3.63, 3.8) is 0 Å². The van der Waals surface area contributed by atoms with Crippen LogP contribution in [0.5, 0.6) is 11.5 Å². The van der Waals surface area contributed by atoms with E-state index in [1.807, 2.05) is 23.5 Å². The first-order valence-electron chi connectivity index (χ1n) is 20.6. The molecule has 0 bridgehead atoms. The second kappa shape index (κ2) is 16.6. The molecule has 0 radical (unpaired) electrons. The molecule has 10 atom stereocenters. The Morgan fingerprint density at radius 2 is 1.23 bits per heavy atom. The van der Waals surface area contributed by atoms with Gasteiger partial charge in [-0.05, 0) is 218 Å². The maximum atomic E-state index is 10.2. The van der Waals surface area contributed by atoms with Crippen LogP contribution in [0, 0.1) is 46.3 Å². The first-order chi connectivity index (χ1) is 25.2. The fourth-order valence-electron chi connectivity index (χ4n) is 13.2. The zero-order valence-electron chi connectivity index (χ0n) is 32.7. The molecule has 0 aliphatic heterocycles. The van der Waals surface area contributed by atoms with Crippen LogP contribution in [0.1, 0.15) is 137 Å². The molecule has 2 aromatic rings. The molecule has 0 amide bonds. The van der Waals surface area contributed by atoms with Crippen LogP contribution in [-0.2, 0) is 35.0 Å². The van der Waals surface area contributed by atoms with Crippen LogP contribution in [0.15, 0.2) is 24.3 Å². The second-order valence-electron chi connectivity index (χ2n) is 17.7. The number of aromatic hydroxyl groups is 1. The van der Waals surface area contributed by atoms with Gasteiger partial charge < -0.3 is 9.29 Å². The summed E-state index contributed by atoms with van der Waals surface area (Å²) in [6, 6.07) is 9.10. The average Bonchev–Trinajstić information content (AvgIpc) is 3.67. The Morgan fingerprint density at radius 3 is 1.73 bits per heavy atom. The van der Waals surface area contributed by atoms with Crippen molar-refractivity contribution in [3.8, 4) is 11.5 Å². The van der Waals surface area contributed by atoms with Gasteiger partial charge in [0.1, 0.15) is 11.5 Å². The van der Waals surface area contributed by atoms with Crippen LogP contribution < -0.4 is 10.1 Å². The number of thioether (sulfide) groups is 2. The molecule has 0 heterocycles. The number of phenols is 1. The minimum atomic E-state index is 0.524. The largest absolute Gasteiger partial charge is 0.508 e. The molecule has 0 aromatic heterocycles. The van der Waals surface area contributed by atoms with E-state index >= 15 is 0 Å². The highest BCUT2D eigenvalue weighted by atomic mass is 32.2. The smallest absolute Gasteiger partial charge is 0.260 e. The first kappa shape index (κ1) is 39.2. The number of fused-ring (bicyclic) bond motifs is 10. The number of aryl methyl sites for hydroxylation is 4. The van der Waals surface area contributed by atoms with E-state index in [1.165, 1.54) is 98.8 Å². The summed E-state index contributed by atoms with van der Waals surface area (Å²) in [7, 11) is 0. The van der Waals surface area contributed by atoms with Crippen molar-refractivity contribution in [2.24, 2.45) is 52.2 Å². The summed E-state index contributed by atoms with van der Waals surface area (Å²) < 4.78 is 10.3. The predicted octanol–water partition coefficient (Wildman–Crippen LogP) is 11.6. The van der Waals surface area contributed by atoms with Gasteiger partial charge in [0.25, 0.3) is 12.3 Å². The molecule has 0 spiro atoms. The lowest BCUT2D eigenvalue weighted by atomic mass is 9.54. The third-order valence-corrected chi connectivity index (χ3v) is 17.8. The van der Waals surface area contributed by atoms with E-state index in [0.717, 1.165) is 90.2 Å². The molecule has 6 unspecified atom stereocenters. The summed E-state index contributed by atoms with van der Waals surface area (Å²) in [5, 5.41) is 10.2. The predicted molar refractivity (Wildman–Crippen MR) is 221 cm³/mol. The number of nitrogens with two attached hydrogens (primary N) is 1. The van der Waals surface area contributed by atoms with Gasteiger partial charge in [-0.25, -0.2) is 0 Å². The summed E-state index contributed by atoms with van der Waals surface area (Å²) in [6.07, 6.45) is 22.7. The Kier molecular flexibility index (Phi) is 12.5. The van der Waals surface area contributed by atoms with Gasteiger partial charge in [-0.2, -0.15) is 29.4 Å². The normalized spacial score (nSPS) is 35.6. The van der Waals surface area contributed by atoms with Gasteiger partial charge in [-0.1, -0.05) is 39.8 Å². The zero-order valence-corrected chi connectivity index (χ0v) is 35.2. The maximum absolute atomic E-state index is 10.2. The summed E-state index contributed by atoms with van der Waals surface area (Å²) in [4.78, 5) is 4.13. The molecular formula is C44H65NO4S3. The van der Waals surface area contributed by atoms with Crippen LogP contribution >= 0.6 is 35.8 Å². The molecule has 52 heavy (non-hydrogen) atoms. The van der Waals surface area contributed by atoms with E-state index in [9.17, 15) is 5.11 Å². The standard InChI is InChI=1S/C22H33NO3S2.C22H32OS/c1-4-14-11-19-15(12-21(14)24-28-26-25-23)5-7-18-17(19)9-10-22(2)16(13-27-3)6-8-20(18)22;1-4-14-11-19-15(12-21(14)23)5-7-18-17(19)9-10-22(2)16(13-24-3)6-8-20(18)22/h11-12,16-18,20H,4-10,13,23H2,1-3H3;11-12,16-18,20,23H,4-10,13H2,1-3H3/t2*16-,17?,18?,20?,22-/m11/s1. The minimum absolute atomic E-state index is 0.524. The summed E-state index contributed by atoms with van der Waals surface area (Å²) >= 11 is 4.87. The van der Waals surface area contributed by atoms with Gasteiger partial charge in [0.2, 0.25) is 0 Å². The van der Waals surface area contributed by atoms with Crippen LogP contribution in [0.3, 0.4) is 0 Å². The summed E-state index contributed by atoms with van der Waals surface area (Å²) in [6.45, 7) is 9.57. The Labute approximate surface area is 327 Å². The van der Waals surface area contributed by atoms with Gasteiger partial charge in [0, 0.05) is 0 Å². The monoisotopic (exact) mass is 767 g/mol. The van der Waals surface area contributed by atoms with Gasteiger partial charge >= 0.3 is 0 Å². The van der Waals surface area contributed by atoms with E-state index in [0.29, 0.717) is 16.6 Å². The molecular weight excluding hydrogens is 703 g/mol. The Hall–Kier alpha value is -1.03. The zero-order chi connectivity index (χ0) is 36.6. The SMILES string of the molecule is CCc1cc2c(cc1O)CCC1C2CC[C@@]2(C)C1CC[C@@H]2CSC.CCc1cc2c(cc1OSOON)CCC1C2CC[C@@]2(C)C1CC[C@@H]2CSC. The average molecular weight is 768 g/mol. The Balaban J connectivity index is 0.000000164. The lowest BCUT2D eigenvalue weighted by molar-refractivity contribution is -0.199. The third kappa shape index (κ3) is 7.10. The highest BCUT2D eigenvalue weighted by Gasteiger charge is 2.55. The number of hydrogen-bond acceptors (Lipinski definition) is 8. The van der Waals surface area contributed by atoms with Crippen LogP contribution in [0.4, 0.5) is 0 Å². The van der Waals surface area contributed by atoms with Crippen LogP contribution in [0.25, 0.3) is 0 Å². The first-order valence-corrected chi connectivity index (χ1v) is 24.0. The molecule has 3 N–H and O–H groups in total. The molecule has 2 aromatic carbocycles. The highest BCUT2D eigenvalue weighted by Crippen LogP contribution is 2.65. The van der Waals surface area contributed by atoms with Gasteiger partial charge in [0.15, 0.2) is 0 Å². The number of hydrogen-bond donors (Lipinski definition) is 2. The Morgan fingerprint density at radius 1 is 0.712 bits per heavy atom. The minimum Gasteiger partial charge on any atom is -0.508 e. The van der Waals surface area contributed by atoms with Crippen molar-refractivity contribution >= 4 is 35.8 Å². The summed E-state index contributed by atoms with van der Waals surface area (Å²) in [5.41, 5.74) is 9.63. The second-order valence-corrected chi connectivity index (χ2v) is 20.0. The number of phenolic OH excluding ortho intramolecular Hbond substituents is 1. The molecule has 6 aliphatic rings. The van der Waals surface area contributed by atoms with Crippen molar-refractivity contribution in [2.45, 2.75) is 129 Å². The van der Waals surface area contributed by atoms with Crippen molar-refractivity contribution in [1.29, 1.82) is 0 Å². The van der Waals surface area contributed by atoms with Crippen molar-refractivity contribution < 1.29 is 18.6 Å². The summed E-state index contributed by atoms with van der Waals surface area (Å²) in [5.74, 6) is 15.9. The maximum Gasteiger partial charge on any atom is 0.260 e. The fraction of sp³-hybridized carbons (Fsp3) is 0.727. The van der Waals surface area contributed by atoms with Gasteiger partial charge in [0.05, 0.1) is 0 Å². The topological polar surface area (TPSA) is 73.9 Å². The highest BCUT2D eigenvalue weighted by molar-refractivity contribution is 7.98. The quantitative estimate of drug-likeness (QED) is 0.107. The lowest BCUT2D eigenvalue weighted by Crippen LogP contribution is -2.42.